The highest BCUT2D eigenvalue weighted by Gasteiger charge is 2.24. The van der Waals surface area contributed by atoms with Crippen molar-refractivity contribution >= 4 is 11.8 Å². The van der Waals surface area contributed by atoms with Crippen molar-refractivity contribution < 1.29 is 18.7 Å². The Morgan fingerprint density at radius 3 is 2.59 bits per heavy atom. The van der Waals surface area contributed by atoms with Crippen LogP contribution in [0, 0.1) is 5.82 Å². The van der Waals surface area contributed by atoms with Crippen molar-refractivity contribution in [3.63, 3.8) is 0 Å². The van der Waals surface area contributed by atoms with E-state index < -0.39 is 17.2 Å². The zero-order chi connectivity index (χ0) is 24.5. The van der Waals surface area contributed by atoms with Crippen LogP contribution >= 0.6 is 0 Å². The Labute approximate surface area is 198 Å². The molecule has 7 nitrogen and oxygen atoms in total. The molecule has 1 saturated heterocycles. The van der Waals surface area contributed by atoms with Gasteiger partial charge in [0.05, 0.1) is 6.10 Å². The van der Waals surface area contributed by atoms with Gasteiger partial charge in [-0.15, -0.1) is 13.2 Å². The van der Waals surface area contributed by atoms with E-state index in [2.05, 4.69) is 18.5 Å². The van der Waals surface area contributed by atoms with Gasteiger partial charge in [0.1, 0.15) is 16.9 Å². The molecule has 2 heterocycles. The van der Waals surface area contributed by atoms with E-state index in [0.717, 1.165) is 18.4 Å². The summed E-state index contributed by atoms with van der Waals surface area (Å²) in [6.45, 7) is 9.10. The van der Waals surface area contributed by atoms with Gasteiger partial charge in [-0.1, -0.05) is 24.3 Å². The molecule has 0 bridgehead atoms. The molecule has 2 amide bonds. The van der Waals surface area contributed by atoms with Crippen LogP contribution in [0.15, 0.2) is 66.8 Å². The fraction of sp³-hybridized carbons (Fsp3) is 0.346. The second-order valence-electron chi connectivity index (χ2n) is 8.17. The molecule has 0 saturated carbocycles. The molecule has 0 aliphatic carbocycles. The van der Waals surface area contributed by atoms with E-state index in [1.54, 1.807) is 28.9 Å². The van der Waals surface area contributed by atoms with Gasteiger partial charge in [0.2, 0.25) is 5.43 Å². The van der Waals surface area contributed by atoms with Crippen molar-refractivity contribution in [3.05, 3.63) is 94.7 Å². The summed E-state index contributed by atoms with van der Waals surface area (Å²) in [5.74, 6) is -1.44. The first-order valence-corrected chi connectivity index (χ1v) is 11.3. The molecule has 0 radical (unpaired) electrons. The zero-order valence-corrected chi connectivity index (χ0v) is 19.2. The molecule has 2 aromatic rings. The molecule has 1 aliphatic heterocycles. The molecule has 1 fully saturated rings. The Morgan fingerprint density at radius 2 is 1.94 bits per heavy atom. The number of ether oxygens (including phenoxy) is 1. The van der Waals surface area contributed by atoms with Crippen molar-refractivity contribution in [2.75, 3.05) is 26.2 Å². The van der Waals surface area contributed by atoms with Crippen LogP contribution in [0.25, 0.3) is 0 Å². The number of rotatable bonds is 11. The maximum atomic E-state index is 13.4. The summed E-state index contributed by atoms with van der Waals surface area (Å²) in [6.07, 6.45) is 8.23. The van der Waals surface area contributed by atoms with E-state index in [1.807, 2.05) is 0 Å². The van der Waals surface area contributed by atoms with Gasteiger partial charge in [-0.05, 0) is 37.0 Å². The van der Waals surface area contributed by atoms with Crippen LogP contribution in [0.5, 0.6) is 0 Å². The molecule has 0 spiro atoms. The molecule has 3 rings (SSSR count). The lowest BCUT2D eigenvalue weighted by molar-refractivity contribution is 0.0785. The van der Waals surface area contributed by atoms with Crippen LogP contribution < -0.4 is 10.7 Å². The SMILES string of the molecule is C=CCN(CC=C)C(=O)c1cn(CC2CCCO2)cc(C(=O)NCCc2cccc(F)c2)c1=O. The largest absolute Gasteiger partial charge is 0.376 e. The summed E-state index contributed by atoms with van der Waals surface area (Å²) in [5, 5.41) is 2.71. The minimum atomic E-state index is -0.644. The molecule has 34 heavy (non-hydrogen) atoms. The lowest BCUT2D eigenvalue weighted by Gasteiger charge is -2.21. The molecule has 1 aromatic carbocycles. The lowest BCUT2D eigenvalue weighted by atomic mass is 10.1. The number of hydrogen-bond donors (Lipinski definition) is 1. The van der Waals surface area contributed by atoms with Gasteiger partial charge in [-0.25, -0.2) is 4.39 Å². The topological polar surface area (TPSA) is 80.6 Å². The van der Waals surface area contributed by atoms with Gasteiger partial charge in [-0.3, -0.25) is 14.4 Å². The highest BCUT2D eigenvalue weighted by atomic mass is 19.1. The predicted molar refractivity (Wildman–Crippen MR) is 128 cm³/mol. The van der Waals surface area contributed by atoms with Crippen LogP contribution in [0.4, 0.5) is 4.39 Å². The second-order valence-corrected chi connectivity index (χ2v) is 8.17. The number of carbonyl (C=O) groups excluding carboxylic acids is 2. The molecule has 1 unspecified atom stereocenters. The summed E-state index contributed by atoms with van der Waals surface area (Å²) < 4.78 is 20.7. The Bertz CT molecular complexity index is 1100. The normalized spacial score (nSPS) is 15.0. The Balaban J connectivity index is 1.86. The number of benzene rings is 1. The van der Waals surface area contributed by atoms with Crippen molar-refractivity contribution in [1.82, 2.24) is 14.8 Å². The summed E-state index contributed by atoms with van der Waals surface area (Å²) in [4.78, 5) is 40.7. The van der Waals surface area contributed by atoms with E-state index in [-0.39, 0.29) is 42.7 Å². The van der Waals surface area contributed by atoms with Crippen molar-refractivity contribution in [3.8, 4) is 0 Å². The number of aromatic nitrogens is 1. The fourth-order valence-corrected chi connectivity index (χ4v) is 3.90. The van der Waals surface area contributed by atoms with Gasteiger partial charge in [0.15, 0.2) is 0 Å². The van der Waals surface area contributed by atoms with Crippen LogP contribution in [0.3, 0.4) is 0 Å². The molecule has 1 aromatic heterocycles. The Kier molecular flexibility index (Phi) is 8.93. The van der Waals surface area contributed by atoms with Gasteiger partial charge >= 0.3 is 0 Å². The predicted octanol–water partition coefficient (Wildman–Crippen LogP) is 2.95. The molecule has 180 valence electrons. The third-order valence-electron chi connectivity index (χ3n) is 5.57. The Morgan fingerprint density at radius 1 is 1.21 bits per heavy atom. The first kappa shape index (κ1) is 25.1. The molecule has 1 atom stereocenters. The number of nitrogens with zero attached hydrogens (tertiary/aromatic N) is 2. The third-order valence-corrected chi connectivity index (χ3v) is 5.57. The Hall–Kier alpha value is -3.52. The maximum Gasteiger partial charge on any atom is 0.259 e. The van der Waals surface area contributed by atoms with Gasteiger partial charge in [-0.2, -0.15) is 0 Å². The van der Waals surface area contributed by atoms with Crippen LogP contribution in [-0.4, -0.2) is 53.6 Å². The molecule has 8 heteroatoms. The van der Waals surface area contributed by atoms with E-state index >= 15 is 0 Å². The van der Waals surface area contributed by atoms with Gasteiger partial charge < -0.3 is 19.5 Å². The number of hydrogen-bond acceptors (Lipinski definition) is 4. The van der Waals surface area contributed by atoms with Gasteiger partial charge in [0, 0.05) is 45.2 Å². The highest BCUT2D eigenvalue weighted by molar-refractivity contribution is 5.99. The molecular weight excluding hydrogens is 437 g/mol. The average Bonchev–Trinajstić information content (AvgIpc) is 3.32. The van der Waals surface area contributed by atoms with Crippen molar-refractivity contribution in [2.45, 2.75) is 31.9 Å². The quantitative estimate of drug-likeness (QED) is 0.516. The lowest BCUT2D eigenvalue weighted by Crippen LogP contribution is -2.38. The fourth-order valence-electron chi connectivity index (χ4n) is 3.90. The summed E-state index contributed by atoms with van der Waals surface area (Å²) in [5.41, 5.74) is -0.140. The molecular formula is C26H30FN3O4. The number of carbonyl (C=O) groups is 2. The smallest absolute Gasteiger partial charge is 0.259 e. The van der Waals surface area contributed by atoms with Gasteiger partial charge in [0.25, 0.3) is 11.8 Å². The number of amides is 2. The highest BCUT2D eigenvalue weighted by Crippen LogP contribution is 2.15. The minimum Gasteiger partial charge on any atom is -0.376 e. The van der Waals surface area contributed by atoms with Crippen molar-refractivity contribution in [2.24, 2.45) is 0 Å². The summed E-state index contributed by atoms with van der Waals surface area (Å²) in [6, 6.07) is 6.11. The number of nitrogens with one attached hydrogen (secondary N) is 1. The molecule has 1 aliphatic rings. The van der Waals surface area contributed by atoms with Crippen LogP contribution in [0.1, 0.15) is 39.1 Å². The van der Waals surface area contributed by atoms with E-state index in [4.69, 9.17) is 4.74 Å². The first-order valence-electron chi connectivity index (χ1n) is 11.3. The third kappa shape index (κ3) is 6.51. The van der Waals surface area contributed by atoms with E-state index in [9.17, 15) is 18.8 Å². The molecule has 1 N–H and O–H groups in total. The van der Waals surface area contributed by atoms with E-state index in [1.165, 1.54) is 29.4 Å². The summed E-state index contributed by atoms with van der Waals surface area (Å²) in [7, 11) is 0. The van der Waals surface area contributed by atoms with Crippen LogP contribution in [0.2, 0.25) is 0 Å². The van der Waals surface area contributed by atoms with Crippen LogP contribution in [-0.2, 0) is 17.7 Å². The monoisotopic (exact) mass is 467 g/mol. The standard InChI is InChI=1S/C26H30FN3O4/c1-3-12-30(13-4-2)26(33)23-18-29(16-21-9-6-14-34-21)17-22(24(23)31)25(32)28-11-10-19-7-5-8-20(27)15-19/h3-5,7-8,15,17-18,21H,1-2,6,9-14,16H2,(H,28,32). The number of pyridine rings is 1. The maximum absolute atomic E-state index is 13.4. The van der Waals surface area contributed by atoms with E-state index in [0.29, 0.717) is 19.6 Å². The summed E-state index contributed by atoms with van der Waals surface area (Å²) >= 11 is 0. The zero-order valence-electron chi connectivity index (χ0n) is 19.2. The second kappa shape index (κ2) is 12.1. The average molecular weight is 468 g/mol. The number of halogens is 1. The first-order chi connectivity index (χ1) is 16.4. The van der Waals surface area contributed by atoms with Crippen molar-refractivity contribution in [1.29, 1.82) is 0 Å². The minimum absolute atomic E-state index is 0.0493.